The van der Waals surface area contributed by atoms with E-state index in [-0.39, 0.29) is 37.7 Å². The van der Waals surface area contributed by atoms with E-state index in [2.05, 4.69) is 0 Å². The van der Waals surface area contributed by atoms with Gasteiger partial charge in [0, 0.05) is 0 Å². The smallest absolute Gasteiger partial charge is 0.545 e. The van der Waals surface area contributed by atoms with E-state index in [1.807, 2.05) is 0 Å². The Morgan fingerprint density at radius 2 is 1.31 bits per heavy atom. The number of carboxylic acids is 2. The Labute approximate surface area is 102 Å². The second kappa shape index (κ2) is 11.1. The number of aliphatic carboxylic acids is 2. The zero-order valence-electron chi connectivity index (χ0n) is 6.21. The predicted octanol–water partition coefficient (Wildman–Crippen LogP) is -3.69. The van der Waals surface area contributed by atoms with E-state index in [1.54, 1.807) is 0 Å². The summed E-state index contributed by atoms with van der Waals surface area (Å²) in [6.07, 6.45) is 0.769. The standard InChI is InChI=1S/C4H4O4.Ca.HNO3/c5-3(6)1-2-4(7)8;;2-1(3)4/h1-2H,(H,5,6)(H,7,8);;(H,2,3,4)/q;+2;/p-2/b2-1-;;. The van der Waals surface area contributed by atoms with Crippen molar-refractivity contribution in [2.45, 2.75) is 0 Å². The second-order valence-corrected chi connectivity index (χ2v) is 1.21. The minimum Gasteiger partial charge on any atom is -0.545 e. The maximum absolute atomic E-state index is 9.41. The molecular formula is C4H3CaNO7. The third-order valence-electron chi connectivity index (χ3n) is 0.355. The fourth-order valence-electron chi connectivity index (χ4n) is 0.136. The summed E-state index contributed by atoms with van der Waals surface area (Å²) in [5, 5.41) is 32.5. The van der Waals surface area contributed by atoms with Gasteiger partial charge in [-0.2, -0.15) is 0 Å². The van der Waals surface area contributed by atoms with Crippen LogP contribution in [0.4, 0.5) is 0 Å². The number of carbonyl (C=O) groups excluding carboxylic acids is 2. The Bertz CT molecular complexity index is 193. The van der Waals surface area contributed by atoms with Crippen LogP contribution in [0.15, 0.2) is 12.2 Å². The van der Waals surface area contributed by atoms with Gasteiger partial charge in [0.2, 0.25) is 0 Å². The molecule has 9 heteroatoms. The van der Waals surface area contributed by atoms with Crippen LogP contribution in [0.2, 0.25) is 0 Å². The van der Waals surface area contributed by atoms with Crippen molar-refractivity contribution in [1.29, 1.82) is 0 Å². The van der Waals surface area contributed by atoms with Crippen LogP contribution in [0.3, 0.4) is 0 Å². The van der Waals surface area contributed by atoms with Crippen molar-refractivity contribution in [3.63, 3.8) is 0 Å². The van der Waals surface area contributed by atoms with Gasteiger partial charge < -0.3 is 25.0 Å². The van der Waals surface area contributed by atoms with Crippen LogP contribution in [-0.4, -0.2) is 60.0 Å². The summed E-state index contributed by atoms with van der Waals surface area (Å²) in [6.45, 7) is 0. The predicted molar refractivity (Wildman–Crippen MR) is 33.7 cm³/mol. The number of nitrogens with zero attached hydrogens (tertiary/aromatic N) is 1. The Morgan fingerprint density at radius 1 is 1.15 bits per heavy atom. The molecule has 0 fully saturated rings. The molecule has 0 atom stereocenters. The van der Waals surface area contributed by atoms with Crippen LogP contribution in [-0.2, 0) is 9.59 Å². The van der Waals surface area contributed by atoms with Gasteiger partial charge in [-0.3, -0.25) is 0 Å². The average Bonchev–Trinajstić information content (AvgIpc) is 1.82. The van der Waals surface area contributed by atoms with Gasteiger partial charge in [-0.1, -0.05) is 0 Å². The van der Waals surface area contributed by atoms with Crippen LogP contribution in [0.5, 0.6) is 0 Å². The Kier molecular flexibility index (Phi) is 15.5. The summed E-state index contributed by atoms with van der Waals surface area (Å²) >= 11 is 0. The first kappa shape index (κ1) is 18.0. The zero-order valence-corrected chi connectivity index (χ0v) is 8.41. The molecular weight excluding hydrogens is 214 g/mol. The third kappa shape index (κ3) is 54.3. The molecule has 0 aliphatic rings. The van der Waals surface area contributed by atoms with E-state index in [1.165, 1.54) is 0 Å². The molecule has 13 heavy (non-hydrogen) atoms. The first-order valence-corrected chi connectivity index (χ1v) is 2.29. The van der Waals surface area contributed by atoms with Crippen molar-refractivity contribution < 1.29 is 30.1 Å². The fraction of sp³-hybridized carbons (Fsp3) is 0. The van der Waals surface area contributed by atoms with Crippen molar-refractivity contribution in [3.8, 4) is 0 Å². The van der Waals surface area contributed by atoms with Gasteiger partial charge >= 0.3 is 37.7 Å². The molecule has 0 saturated heterocycles. The summed E-state index contributed by atoms with van der Waals surface area (Å²) in [5.74, 6) is -3.09. The molecule has 8 nitrogen and oxygen atoms in total. The molecule has 0 aromatic carbocycles. The summed E-state index contributed by atoms with van der Waals surface area (Å²) in [4.78, 5) is 27.2. The van der Waals surface area contributed by atoms with E-state index in [4.69, 9.17) is 15.3 Å². The van der Waals surface area contributed by atoms with Crippen LogP contribution in [0.1, 0.15) is 0 Å². The van der Waals surface area contributed by atoms with E-state index in [0.717, 1.165) is 0 Å². The molecule has 0 unspecified atom stereocenters. The second-order valence-electron chi connectivity index (χ2n) is 1.21. The number of carbonyl (C=O) groups is 2. The third-order valence-corrected chi connectivity index (χ3v) is 0.355. The minimum atomic E-state index is -1.55. The number of rotatable bonds is 2. The van der Waals surface area contributed by atoms with E-state index in [0.29, 0.717) is 12.2 Å². The zero-order chi connectivity index (χ0) is 10.1. The molecule has 0 aromatic rings. The molecule has 0 aromatic heterocycles. The number of hydrogen-bond donors (Lipinski definition) is 1. The Hall–Kier alpha value is -0.860. The van der Waals surface area contributed by atoms with Crippen molar-refractivity contribution in [2.75, 3.05) is 0 Å². The normalized spacial score (nSPS) is 7.69. The Morgan fingerprint density at radius 3 is 1.38 bits per heavy atom. The molecule has 0 heterocycles. The van der Waals surface area contributed by atoms with Crippen molar-refractivity contribution >= 4 is 49.7 Å². The van der Waals surface area contributed by atoms with Gasteiger partial charge in [0.05, 0.1) is 11.9 Å². The number of carboxylic acid groups (broad SMARTS) is 2. The summed E-state index contributed by atoms with van der Waals surface area (Å²) < 4.78 is 0. The van der Waals surface area contributed by atoms with Gasteiger partial charge in [0.15, 0.2) is 0 Å². The van der Waals surface area contributed by atoms with Gasteiger partial charge in [-0.25, -0.2) is 0 Å². The van der Waals surface area contributed by atoms with E-state index in [9.17, 15) is 19.8 Å². The molecule has 0 amide bonds. The van der Waals surface area contributed by atoms with Gasteiger partial charge in [-0.05, 0) is 12.2 Å². The molecule has 0 saturated carbocycles. The SMILES string of the molecule is O=C([O-])/C=C\C(=O)[O-].O=[N+]([O-])O.[Ca+2]. The van der Waals surface area contributed by atoms with Gasteiger partial charge in [0.25, 0.3) is 5.09 Å². The largest absolute Gasteiger partial charge is 2.00 e. The van der Waals surface area contributed by atoms with Crippen LogP contribution >= 0.6 is 0 Å². The first-order chi connectivity index (χ1) is 5.36. The summed E-state index contributed by atoms with van der Waals surface area (Å²) in [6, 6.07) is 0. The first-order valence-electron chi connectivity index (χ1n) is 2.29. The molecule has 0 radical (unpaired) electrons. The maximum atomic E-state index is 9.41. The average molecular weight is 217 g/mol. The van der Waals surface area contributed by atoms with Crippen molar-refractivity contribution in [2.24, 2.45) is 0 Å². The molecule has 0 bridgehead atoms. The minimum absolute atomic E-state index is 0. The fourth-order valence-corrected chi connectivity index (χ4v) is 0.136. The van der Waals surface area contributed by atoms with Crippen LogP contribution in [0.25, 0.3) is 0 Å². The monoisotopic (exact) mass is 217 g/mol. The van der Waals surface area contributed by atoms with E-state index >= 15 is 0 Å². The molecule has 0 aliphatic heterocycles. The summed E-state index contributed by atoms with van der Waals surface area (Å²) in [5.41, 5.74) is 0. The summed E-state index contributed by atoms with van der Waals surface area (Å²) in [7, 11) is 0. The quantitative estimate of drug-likeness (QED) is 0.217. The topological polar surface area (TPSA) is 144 Å². The molecule has 68 valence electrons. The molecule has 0 spiro atoms. The maximum Gasteiger partial charge on any atom is 2.00 e. The van der Waals surface area contributed by atoms with Gasteiger partial charge in [-0.15, -0.1) is 10.1 Å². The van der Waals surface area contributed by atoms with Gasteiger partial charge in [0.1, 0.15) is 0 Å². The molecule has 0 aliphatic carbocycles. The van der Waals surface area contributed by atoms with E-state index < -0.39 is 17.0 Å². The molecule has 0 rings (SSSR count). The number of hydrogen-bond acceptors (Lipinski definition) is 6. The van der Waals surface area contributed by atoms with Crippen molar-refractivity contribution in [3.05, 3.63) is 22.3 Å². The van der Waals surface area contributed by atoms with Crippen molar-refractivity contribution in [1.82, 2.24) is 0 Å². The molecule has 1 N–H and O–H groups in total. The Balaban J connectivity index is -0.000000173. The van der Waals surface area contributed by atoms with Crippen LogP contribution < -0.4 is 10.2 Å². The van der Waals surface area contributed by atoms with Crippen LogP contribution in [0, 0.1) is 10.1 Å².